The van der Waals surface area contributed by atoms with Gasteiger partial charge in [-0.2, -0.15) is 0 Å². The zero-order chi connectivity index (χ0) is 19.4. The van der Waals surface area contributed by atoms with Gasteiger partial charge in [-0.15, -0.1) is 0 Å². The van der Waals surface area contributed by atoms with Crippen LogP contribution in [0.15, 0.2) is 48.5 Å². The predicted octanol–water partition coefficient (Wildman–Crippen LogP) is 1.98. The van der Waals surface area contributed by atoms with Crippen molar-refractivity contribution in [2.75, 3.05) is 26.2 Å². The van der Waals surface area contributed by atoms with E-state index in [4.69, 9.17) is 5.11 Å². The van der Waals surface area contributed by atoms with Gasteiger partial charge in [0, 0.05) is 25.2 Å². The number of aliphatic hydroxyl groups is 1. The number of carbonyl (C=O) groups is 3. The molecule has 0 aromatic heterocycles. The van der Waals surface area contributed by atoms with Crippen molar-refractivity contribution in [1.82, 2.24) is 9.80 Å². The van der Waals surface area contributed by atoms with E-state index in [2.05, 4.69) is 0 Å². The molecule has 1 aliphatic rings. The van der Waals surface area contributed by atoms with E-state index in [1.807, 2.05) is 37.3 Å². The predicted molar refractivity (Wildman–Crippen MR) is 101 cm³/mol. The van der Waals surface area contributed by atoms with Crippen molar-refractivity contribution < 1.29 is 19.5 Å². The van der Waals surface area contributed by atoms with Crippen LogP contribution in [0.1, 0.15) is 43.6 Å². The summed E-state index contributed by atoms with van der Waals surface area (Å²) < 4.78 is 0. The molecule has 0 bridgehead atoms. The number of benzene rings is 2. The molecule has 2 aromatic rings. The molecule has 6 nitrogen and oxygen atoms in total. The smallest absolute Gasteiger partial charge is 0.261 e. The van der Waals surface area contributed by atoms with Crippen molar-refractivity contribution in [2.45, 2.75) is 13.3 Å². The number of likely N-dealkylation sites (N-methyl/N-ethyl adjacent to an activating group) is 1. The van der Waals surface area contributed by atoms with E-state index in [-0.39, 0.29) is 36.4 Å². The van der Waals surface area contributed by atoms with Crippen LogP contribution in [0.3, 0.4) is 0 Å². The number of carbonyl (C=O) groups excluding carboxylic acids is 3. The van der Waals surface area contributed by atoms with E-state index in [0.717, 1.165) is 5.56 Å². The van der Waals surface area contributed by atoms with Crippen molar-refractivity contribution in [1.29, 1.82) is 0 Å². The minimum atomic E-state index is -0.370. The first kappa shape index (κ1) is 18.8. The van der Waals surface area contributed by atoms with E-state index in [1.54, 1.807) is 6.07 Å². The fraction of sp³-hybridized carbons (Fsp3) is 0.286. The van der Waals surface area contributed by atoms with Gasteiger partial charge in [0.25, 0.3) is 17.7 Å². The maximum atomic E-state index is 12.7. The monoisotopic (exact) mass is 366 g/mol. The number of rotatable bonds is 7. The molecule has 27 heavy (non-hydrogen) atoms. The number of amides is 3. The van der Waals surface area contributed by atoms with Gasteiger partial charge in [0.05, 0.1) is 17.7 Å². The van der Waals surface area contributed by atoms with Crippen LogP contribution >= 0.6 is 0 Å². The molecule has 1 N–H and O–H groups in total. The second-order valence-electron chi connectivity index (χ2n) is 6.37. The van der Waals surface area contributed by atoms with Gasteiger partial charge in [0.1, 0.15) is 0 Å². The Hall–Kier alpha value is -2.99. The second-order valence-corrected chi connectivity index (χ2v) is 6.37. The van der Waals surface area contributed by atoms with Crippen molar-refractivity contribution >= 4 is 17.7 Å². The standard InChI is InChI=1S/C21H22N2O4/c1-2-22(12-13-24)19(25)16-8-9-17-18(14-16)21(27)23(20(17)26)11-10-15-6-4-3-5-7-15/h3-9,14,24H,2,10-13H2,1H3. The lowest BCUT2D eigenvalue weighted by molar-refractivity contribution is 0.0655. The molecular formula is C21H22N2O4. The largest absolute Gasteiger partial charge is 0.395 e. The lowest BCUT2D eigenvalue weighted by Gasteiger charge is -2.19. The number of hydrogen-bond donors (Lipinski definition) is 1. The lowest BCUT2D eigenvalue weighted by Crippen LogP contribution is -2.33. The highest BCUT2D eigenvalue weighted by atomic mass is 16.3. The van der Waals surface area contributed by atoms with Gasteiger partial charge < -0.3 is 10.0 Å². The molecule has 6 heteroatoms. The van der Waals surface area contributed by atoms with Crippen molar-refractivity contribution in [3.63, 3.8) is 0 Å². The lowest BCUT2D eigenvalue weighted by atomic mass is 10.0. The number of fused-ring (bicyclic) bond motifs is 1. The first-order valence-corrected chi connectivity index (χ1v) is 9.01. The Bertz CT molecular complexity index is 864. The van der Waals surface area contributed by atoms with Gasteiger partial charge in [0.2, 0.25) is 0 Å². The summed E-state index contributed by atoms with van der Waals surface area (Å²) in [5.41, 5.74) is 1.98. The fourth-order valence-corrected chi connectivity index (χ4v) is 3.22. The molecule has 0 spiro atoms. The molecule has 3 rings (SSSR count). The van der Waals surface area contributed by atoms with Gasteiger partial charge in [-0.1, -0.05) is 30.3 Å². The molecule has 1 aliphatic heterocycles. The highest BCUT2D eigenvalue weighted by Crippen LogP contribution is 2.25. The topological polar surface area (TPSA) is 77.9 Å². The van der Waals surface area contributed by atoms with Crippen LogP contribution in [0.5, 0.6) is 0 Å². The SMILES string of the molecule is CCN(CCO)C(=O)c1ccc2c(c1)C(=O)N(CCc1ccccc1)C2=O. The van der Waals surface area contributed by atoms with Gasteiger partial charge >= 0.3 is 0 Å². The average Bonchev–Trinajstić information content (AvgIpc) is 2.94. The third-order valence-corrected chi connectivity index (χ3v) is 4.72. The molecule has 1 heterocycles. The molecule has 0 saturated carbocycles. The molecule has 3 amide bonds. The number of aliphatic hydroxyl groups excluding tert-OH is 1. The Kier molecular flexibility index (Phi) is 5.66. The van der Waals surface area contributed by atoms with E-state index in [1.165, 1.54) is 21.9 Å². The summed E-state index contributed by atoms with van der Waals surface area (Å²) in [6.07, 6.45) is 0.582. The molecule has 0 radical (unpaired) electrons. The first-order chi connectivity index (χ1) is 13.1. The van der Waals surface area contributed by atoms with Crippen molar-refractivity contribution in [2.24, 2.45) is 0 Å². The Morgan fingerprint density at radius 3 is 2.41 bits per heavy atom. The van der Waals surface area contributed by atoms with E-state index < -0.39 is 0 Å². The van der Waals surface area contributed by atoms with Crippen LogP contribution in [0.2, 0.25) is 0 Å². The minimum absolute atomic E-state index is 0.130. The molecule has 0 saturated heterocycles. The summed E-state index contributed by atoms with van der Waals surface area (Å²) in [5, 5.41) is 9.08. The number of nitrogens with zero attached hydrogens (tertiary/aromatic N) is 2. The van der Waals surface area contributed by atoms with Gasteiger partial charge in [-0.25, -0.2) is 0 Å². The zero-order valence-electron chi connectivity index (χ0n) is 15.2. The number of hydrogen-bond acceptors (Lipinski definition) is 4. The van der Waals surface area contributed by atoms with Crippen LogP contribution in [0.4, 0.5) is 0 Å². The molecule has 0 unspecified atom stereocenters. The van der Waals surface area contributed by atoms with Gasteiger partial charge in [-0.3, -0.25) is 19.3 Å². The summed E-state index contributed by atoms with van der Waals surface area (Å²) in [4.78, 5) is 40.6. The van der Waals surface area contributed by atoms with Crippen LogP contribution in [-0.2, 0) is 6.42 Å². The average molecular weight is 366 g/mol. The molecular weight excluding hydrogens is 344 g/mol. The Labute approximate surface area is 158 Å². The van der Waals surface area contributed by atoms with Crippen LogP contribution in [-0.4, -0.2) is 58.9 Å². The highest BCUT2D eigenvalue weighted by Gasteiger charge is 2.35. The van der Waals surface area contributed by atoms with Crippen LogP contribution in [0, 0.1) is 0 Å². The van der Waals surface area contributed by atoms with Gasteiger partial charge in [0.15, 0.2) is 0 Å². The summed E-state index contributed by atoms with van der Waals surface area (Å²) in [6, 6.07) is 14.2. The quantitative estimate of drug-likeness (QED) is 0.760. The maximum absolute atomic E-state index is 12.7. The van der Waals surface area contributed by atoms with Crippen LogP contribution < -0.4 is 0 Å². The molecule has 0 aliphatic carbocycles. The van der Waals surface area contributed by atoms with Crippen molar-refractivity contribution in [3.05, 3.63) is 70.8 Å². The second kappa shape index (κ2) is 8.14. The summed E-state index contributed by atoms with van der Waals surface area (Å²) in [6.45, 7) is 2.66. The third-order valence-electron chi connectivity index (χ3n) is 4.72. The molecule has 0 atom stereocenters. The Morgan fingerprint density at radius 1 is 1.04 bits per heavy atom. The van der Waals surface area contributed by atoms with Gasteiger partial charge in [-0.05, 0) is 37.1 Å². The molecule has 2 aromatic carbocycles. The first-order valence-electron chi connectivity index (χ1n) is 9.01. The normalized spacial score (nSPS) is 13.0. The summed E-state index contributed by atoms with van der Waals surface area (Å²) in [5.74, 6) is -0.962. The van der Waals surface area contributed by atoms with E-state index in [0.29, 0.717) is 30.6 Å². The molecule has 140 valence electrons. The zero-order valence-corrected chi connectivity index (χ0v) is 15.2. The van der Waals surface area contributed by atoms with Crippen molar-refractivity contribution in [3.8, 4) is 0 Å². The Morgan fingerprint density at radius 2 is 1.74 bits per heavy atom. The fourth-order valence-electron chi connectivity index (χ4n) is 3.22. The highest BCUT2D eigenvalue weighted by molar-refractivity contribution is 6.22. The van der Waals surface area contributed by atoms with E-state index in [9.17, 15) is 14.4 Å². The van der Waals surface area contributed by atoms with Crippen LogP contribution in [0.25, 0.3) is 0 Å². The summed E-state index contributed by atoms with van der Waals surface area (Å²) >= 11 is 0. The third kappa shape index (κ3) is 3.75. The van der Waals surface area contributed by atoms with E-state index >= 15 is 0 Å². The minimum Gasteiger partial charge on any atom is -0.395 e. The Balaban J connectivity index is 1.79. The maximum Gasteiger partial charge on any atom is 0.261 e. The number of imide groups is 1. The molecule has 0 fully saturated rings. The summed E-state index contributed by atoms with van der Waals surface area (Å²) in [7, 11) is 0.